The monoisotopic (exact) mass is 293 g/mol. The van der Waals surface area contributed by atoms with Crippen LogP contribution in [-0.4, -0.2) is 19.7 Å². The predicted octanol–water partition coefficient (Wildman–Crippen LogP) is 4.62. The molecule has 0 saturated carbocycles. The third-order valence-corrected chi connectivity index (χ3v) is 3.19. The standard InChI is InChI=1S/C19H19NO2/c1-3-15-20(19(21)22-2)18-12-8-7-11-17(18)14-13-16-9-5-4-6-10-16/h3-14H,1,15H2,2H3/b14-13+. The summed E-state index contributed by atoms with van der Waals surface area (Å²) in [6.45, 7) is 4.09. The molecule has 0 aliphatic rings. The van der Waals surface area contributed by atoms with Crippen LogP contribution in [0.3, 0.4) is 0 Å². The van der Waals surface area contributed by atoms with Crippen LogP contribution in [-0.2, 0) is 4.74 Å². The van der Waals surface area contributed by atoms with Crippen molar-refractivity contribution in [3.63, 3.8) is 0 Å². The molecular weight excluding hydrogens is 274 g/mol. The van der Waals surface area contributed by atoms with Gasteiger partial charge in [0.15, 0.2) is 0 Å². The quantitative estimate of drug-likeness (QED) is 0.595. The molecule has 1 amide bonds. The van der Waals surface area contributed by atoms with E-state index >= 15 is 0 Å². The molecule has 0 radical (unpaired) electrons. The molecule has 2 rings (SSSR count). The second-order valence-electron chi connectivity index (χ2n) is 4.67. The van der Waals surface area contributed by atoms with E-state index in [1.165, 1.54) is 7.11 Å². The summed E-state index contributed by atoms with van der Waals surface area (Å²) in [6.07, 6.45) is 5.28. The summed E-state index contributed by atoms with van der Waals surface area (Å²) < 4.78 is 4.85. The van der Waals surface area contributed by atoms with E-state index in [1.54, 1.807) is 11.0 Å². The van der Waals surface area contributed by atoms with Gasteiger partial charge in [-0.25, -0.2) is 4.79 Å². The Morgan fingerprint density at radius 2 is 1.77 bits per heavy atom. The Kier molecular flexibility index (Phi) is 5.55. The molecule has 0 saturated heterocycles. The lowest BCUT2D eigenvalue weighted by Gasteiger charge is -2.21. The van der Waals surface area contributed by atoms with E-state index in [4.69, 9.17) is 4.74 Å². The maximum Gasteiger partial charge on any atom is 0.414 e. The van der Waals surface area contributed by atoms with Crippen LogP contribution in [0.15, 0.2) is 67.3 Å². The first-order valence-corrected chi connectivity index (χ1v) is 7.05. The van der Waals surface area contributed by atoms with E-state index in [0.717, 1.165) is 16.8 Å². The van der Waals surface area contributed by atoms with E-state index in [2.05, 4.69) is 6.58 Å². The zero-order chi connectivity index (χ0) is 15.8. The van der Waals surface area contributed by atoms with Gasteiger partial charge in [0, 0.05) is 6.54 Å². The summed E-state index contributed by atoms with van der Waals surface area (Å²) in [5, 5.41) is 0. The fourth-order valence-corrected chi connectivity index (χ4v) is 2.13. The highest BCUT2D eigenvalue weighted by Crippen LogP contribution is 2.23. The fourth-order valence-electron chi connectivity index (χ4n) is 2.13. The van der Waals surface area contributed by atoms with E-state index in [1.807, 2.05) is 66.7 Å². The number of rotatable bonds is 5. The molecule has 0 unspecified atom stereocenters. The number of methoxy groups -OCH3 is 1. The van der Waals surface area contributed by atoms with Gasteiger partial charge < -0.3 is 4.74 Å². The van der Waals surface area contributed by atoms with Gasteiger partial charge in [0.1, 0.15) is 0 Å². The number of para-hydroxylation sites is 1. The van der Waals surface area contributed by atoms with Gasteiger partial charge in [-0.05, 0) is 17.2 Å². The van der Waals surface area contributed by atoms with Gasteiger partial charge >= 0.3 is 6.09 Å². The highest BCUT2D eigenvalue weighted by atomic mass is 16.5. The van der Waals surface area contributed by atoms with Gasteiger partial charge in [-0.3, -0.25) is 4.90 Å². The Morgan fingerprint density at radius 1 is 1.09 bits per heavy atom. The summed E-state index contributed by atoms with van der Waals surface area (Å²) in [5.74, 6) is 0. The Balaban J connectivity index is 2.35. The molecule has 2 aromatic carbocycles. The topological polar surface area (TPSA) is 29.5 Å². The van der Waals surface area contributed by atoms with E-state index < -0.39 is 6.09 Å². The van der Waals surface area contributed by atoms with Crippen LogP contribution < -0.4 is 4.90 Å². The second kappa shape index (κ2) is 7.84. The molecule has 0 aliphatic carbocycles. The van der Waals surface area contributed by atoms with Crippen LogP contribution in [0.5, 0.6) is 0 Å². The van der Waals surface area contributed by atoms with Crippen LogP contribution in [0.25, 0.3) is 12.2 Å². The first-order chi connectivity index (χ1) is 10.8. The van der Waals surface area contributed by atoms with Crippen LogP contribution >= 0.6 is 0 Å². The molecule has 2 aromatic rings. The largest absolute Gasteiger partial charge is 0.452 e. The first kappa shape index (κ1) is 15.6. The van der Waals surface area contributed by atoms with Gasteiger partial charge in [0.2, 0.25) is 0 Å². The highest BCUT2D eigenvalue weighted by Gasteiger charge is 2.16. The van der Waals surface area contributed by atoms with Crippen molar-refractivity contribution in [3.05, 3.63) is 78.4 Å². The van der Waals surface area contributed by atoms with Gasteiger partial charge in [-0.2, -0.15) is 0 Å². The van der Waals surface area contributed by atoms with Gasteiger partial charge in [-0.1, -0.05) is 66.8 Å². The molecular formula is C19H19NO2. The van der Waals surface area contributed by atoms with Crippen molar-refractivity contribution >= 4 is 23.9 Å². The Bertz CT molecular complexity index is 662. The fraction of sp³-hybridized carbons (Fsp3) is 0.105. The molecule has 22 heavy (non-hydrogen) atoms. The SMILES string of the molecule is C=CCN(C(=O)OC)c1ccccc1/C=C/c1ccccc1. The van der Waals surface area contributed by atoms with E-state index in [0.29, 0.717) is 6.54 Å². The molecule has 0 aliphatic heterocycles. The number of nitrogens with zero attached hydrogens (tertiary/aromatic N) is 1. The Hall–Kier alpha value is -2.81. The molecule has 3 nitrogen and oxygen atoms in total. The maximum atomic E-state index is 12.0. The molecule has 0 heterocycles. The van der Waals surface area contributed by atoms with E-state index in [9.17, 15) is 4.79 Å². The molecule has 0 bridgehead atoms. The number of carbonyl (C=O) groups excluding carboxylic acids is 1. The number of ether oxygens (including phenoxy) is 1. The van der Waals surface area contributed by atoms with Crippen LogP contribution in [0.4, 0.5) is 10.5 Å². The van der Waals surface area contributed by atoms with Crippen molar-refractivity contribution in [2.75, 3.05) is 18.6 Å². The number of hydrogen-bond donors (Lipinski definition) is 0. The van der Waals surface area contributed by atoms with Crippen molar-refractivity contribution in [2.45, 2.75) is 0 Å². The van der Waals surface area contributed by atoms with Gasteiger partial charge in [-0.15, -0.1) is 6.58 Å². The van der Waals surface area contributed by atoms with Gasteiger partial charge in [0.05, 0.1) is 12.8 Å². The second-order valence-corrected chi connectivity index (χ2v) is 4.67. The third kappa shape index (κ3) is 3.85. The Morgan fingerprint density at radius 3 is 2.45 bits per heavy atom. The van der Waals surface area contributed by atoms with Crippen LogP contribution in [0, 0.1) is 0 Å². The number of benzene rings is 2. The van der Waals surface area contributed by atoms with Crippen LogP contribution in [0.1, 0.15) is 11.1 Å². The summed E-state index contributed by atoms with van der Waals surface area (Å²) in [6, 6.07) is 17.7. The lowest BCUT2D eigenvalue weighted by molar-refractivity contribution is 0.179. The average molecular weight is 293 g/mol. The summed E-state index contributed by atoms with van der Waals surface area (Å²) in [4.78, 5) is 13.5. The highest BCUT2D eigenvalue weighted by molar-refractivity contribution is 5.92. The molecule has 112 valence electrons. The van der Waals surface area contributed by atoms with Crippen molar-refractivity contribution in [1.29, 1.82) is 0 Å². The summed E-state index contributed by atoms with van der Waals surface area (Å²) in [5.41, 5.74) is 2.84. The smallest absolute Gasteiger partial charge is 0.414 e. The molecule has 0 aromatic heterocycles. The van der Waals surface area contributed by atoms with E-state index in [-0.39, 0.29) is 0 Å². The minimum atomic E-state index is -0.402. The third-order valence-electron chi connectivity index (χ3n) is 3.19. The van der Waals surface area contributed by atoms with Crippen LogP contribution in [0.2, 0.25) is 0 Å². The molecule has 0 N–H and O–H groups in total. The number of amides is 1. The number of anilines is 1. The molecule has 0 fully saturated rings. The predicted molar refractivity (Wildman–Crippen MR) is 91.8 cm³/mol. The van der Waals surface area contributed by atoms with Crippen molar-refractivity contribution in [3.8, 4) is 0 Å². The molecule has 0 atom stereocenters. The summed E-state index contributed by atoms with van der Waals surface area (Å²) >= 11 is 0. The first-order valence-electron chi connectivity index (χ1n) is 7.05. The summed E-state index contributed by atoms with van der Waals surface area (Å²) in [7, 11) is 1.38. The maximum absolute atomic E-state index is 12.0. The lowest BCUT2D eigenvalue weighted by Crippen LogP contribution is -2.31. The van der Waals surface area contributed by atoms with Crippen molar-refractivity contribution in [1.82, 2.24) is 0 Å². The zero-order valence-corrected chi connectivity index (χ0v) is 12.6. The number of carbonyl (C=O) groups is 1. The minimum Gasteiger partial charge on any atom is -0.452 e. The Labute approximate surface area is 131 Å². The van der Waals surface area contributed by atoms with Crippen molar-refractivity contribution in [2.24, 2.45) is 0 Å². The minimum absolute atomic E-state index is 0.392. The average Bonchev–Trinajstić information content (AvgIpc) is 2.58. The molecule has 0 spiro atoms. The number of hydrogen-bond acceptors (Lipinski definition) is 2. The van der Waals surface area contributed by atoms with Gasteiger partial charge in [0.25, 0.3) is 0 Å². The lowest BCUT2D eigenvalue weighted by atomic mass is 10.1. The van der Waals surface area contributed by atoms with Crippen molar-refractivity contribution < 1.29 is 9.53 Å². The zero-order valence-electron chi connectivity index (χ0n) is 12.6. The molecule has 3 heteroatoms. The normalized spacial score (nSPS) is 10.4.